The molecule has 0 aliphatic carbocycles. The first-order valence-electron chi connectivity index (χ1n) is 9.01. The summed E-state index contributed by atoms with van der Waals surface area (Å²) < 4.78 is 7.56. The van der Waals surface area contributed by atoms with E-state index in [1.165, 1.54) is 0 Å². The predicted molar refractivity (Wildman–Crippen MR) is 118 cm³/mol. The van der Waals surface area contributed by atoms with Crippen LogP contribution in [-0.2, 0) is 4.79 Å². The summed E-state index contributed by atoms with van der Waals surface area (Å²) in [5, 5.41) is 5.05. The SMILES string of the molecule is Cc1ccccc1OCC(=O)N/N=C\c1cc(C)n(-c2ccc(Cl)c(Cl)c2)c1C. The smallest absolute Gasteiger partial charge is 0.277 e. The Kier molecular flexibility index (Phi) is 6.62. The summed E-state index contributed by atoms with van der Waals surface area (Å²) in [5.41, 5.74) is 7.23. The van der Waals surface area contributed by atoms with Crippen LogP contribution in [0.4, 0.5) is 0 Å². The predicted octanol–water partition coefficient (Wildman–Crippen LogP) is 5.24. The van der Waals surface area contributed by atoms with E-state index in [-0.39, 0.29) is 12.5 Å². The van der Waals surface area contributed by atoms with Gasteiger partial charge in [0.15, 0.2) is 6.61 Å². The molecule has 0 saturated carbocycles. The molecule has 150 valence electrons. The highest BCUT2D eigenvalue weighted by atomic mass is 35.5. The van der Waals surface area contributed by atoms with E-state index in [0.717, 1.165) is 28.2 Å². The van der Waals surface area contributed by atoms with E-state index >= 15 is 0 Å². The van der Waals surface area contributed by atoms with Gasteiger partial charge in [0, 0.05) is 22.6 Å². The minimum Gasteiger partial charge on any atom is -0.483 e. The summed E-state index contributed by atoms with van der Waals surface area (Å²) in [7, 11) is 0. The topological polar surface area (TPSA) is 55.6 Å². The molecule has 3 aromatic rings. The third kappa shape index (κ3) is 5.00. The van der Waals surface area contributed by atoms with Crippen LogP contribution in [-0.4, -0.2) is 23.3 Å². The van der Waals surface area contributed by atoms with Gasteiger partial charge in [0.2, 0.25) is 0 Å². The maximum Gasteiger partial charge on any atom is 0.277 e. The van der Waals surface area contributed by atoms with Crippen molar-refractivity contribution in [3.8, 4) is 11.4 Å². The third-order valence-electron chi connectivity index (χ3n) is 4.48. The molecule has 0 aliphatic heterocycles. The number of nitrogens with one attached hydrogen (secondary N) is 1. The highest BCUT2D eigenvalue weighted by Gasteiger charge is 2.11. The fourth-order valence-electron chi connectivity index (χ4n) is 3.01. The number of hydrazone groups is 1. The van der Waals surface area contributed by atoms with Gasteiger partial charge in [-0.15, -0.1) is 0 Å². The lowest BCUT2D eigenvalue weighted by Crippen LogP contribution is -2.24. The second kappa shape index (κ2) is 9.16. The number of halogens is 2. The van der Waals surface area contributed by atoms with Crippen LogP contribution in [0.15, 0.2) is 53.6 Å². The number of amides is 1. The largest absolute Gasteiger partial charge is 0.483 e. The van der Waals surface area contributed by atoms with Crippen molar-refractivity contribution in [1.29, 1.82) is 0 Å². The van der Waals surface area contributed by atoms with Crippen molar-refractivity contribution in [3.63, 3.8) is 0 Å². The highest BCUT2D eigenvalue weighted by Crippen LogP contribution is 2.27. The minimum absolute atomic E-state index is 0.107. The van der Waals surface area contributed by atoms with Crippen molar-refractivity contribution in [3.05, 3.63) is 81.1 Å². The van der Waals surface area contributed by atoms with Gasteiger partial charge in [0.1, 0.15) is 5.75 Å². The number of nitrogens with zero attached hydrogens (tertiary/aromatic N) is 2. The summed E-state index contributed by atoms with van der Waals surface area (Å²) in [4.78, 5) is 12.0. The molecule has 1 heterocycles. The fourth-order valence-corrected chi connectivity index (χ4v) is 3.30. The lowest BCUT2D eigenvalue weighted by molar-refractivity contribution is -0.123. The van der Waals surface area contributed by atoms with Crippen molar-refractivity contribution in [2.75, 3.05) is 6.61 Å². The number of para-hydroxylation sites is 1. The number of carbonyl (C=O) groups is 1. The molecule has 3 rings (SSSR count). The zero-order chi connectivity index (χ0) is 21.0. The van der Waals surface area contributed by atoms with E-state index in [9.17, 15) is 4.79 Å². The summed E-state index contributed by atoms with van der Waals surface area (Å²) in [6.45, 7) is 5.78. The Hall–Kier alpha value is -2.76. The van der Waals surface area contributed by atoms with Crippen LogP contribution >= 0.6 is 23.2 Å². The lowest BCUT2D eigenvalue weighted by atomic mass is 10.2. The molecule has 0 fully saturated rings. The summed E-state index contributed by atoms with van der Waals surface area (Å²) in [6.07, 6.45) is 1.61. The number of hydrogen-bond acceptors (Lipinski definition) is 3. The minimum atomic E-state index is -0.331. The fraction of sp³-hybridized carbons (Fsp3) is 0.182. The molecular weight excluding hydrogens is 409 g/mol. The number of hydrogen-bond donors (Lipinski definition) is 1. The van der Waals surface area contributed by atoms with Crippen LogP contribution in [0.5, 0.6) is 5.75 Å². The molecule has 0 aliphatic rings. The molecule has 0 unspecified atom stereocenters. The van der Waals surface area contributed by atoms with Crippen LogP contribution in [0.25, 0.3) is 5.69 Å². The van der Waals surface area contributed by atoms with Crippen molar-refractivity contribution < 1.29 is 9.53 Å². The van der Waals surface area contributed by atoms with Gasteiger partial charge in [-0.05, 0) is 56.7 Å². The second-order valence-corrected chi connectivity index (χ2v) is 7.42. The number of carbonyl (C=O) groups excluding carboxylic acids is 1. The molecule has 1 aromatic heterocycles. The van der Waals surface area contributed by atoms with Gasteiger partial charge in [-0.2, -0.15) is 5.10 Å². The van der Waals surface area contributed by atoms with Crippen LogP contribution < -0.4 is 10.2 Å². The van der Waals surface area contributed by atoms with Gasteiger partial charge in [-0.3, -0.25) is 4.79 Å². The first kappa shape index (κ1) is 21.0. The van der Waals surface area contributed by atoms with Gasteiger partial charge in [0.05, 0.1) is 16.3 Å². The van der Waals surface area contributed by atoms with Crippen molar-refractivity contribution in [2.45, 2.75) is 20.8 Å². The molecule has 7 heteroatoms. The Morgan fingerprint density at radius 3 is 2.59 bits per heavy atom. The molecule has 1 N–H and O–H groups in total. The average molecular weight is 430 g/mol. The van der Waals surface area contributed by atoms with Gasteiger partial charge in [0.25, 0.3) is 5.91 Å². The normalized spacial score (nSPS) is 11.1. The Labute approximate surface area is 179 Å². The highest BCUT2D eigenvalue weighted by molar-refractivity contribution is 6.42. The zero-order valence-corrected chi connectivity index (χ0v) is 17.9. The molecule has 0 spiro atoms. The quantitative estimate of drug-likeness (QED) is 0.430. The average Bonchev–Trinajstić information content (AvgIpc) is 2.97. The molecule has 0 bridgehead atoms. The molecule has 2 aromatic carbocycles. The van der Waals surface area contributed by atoms with Gasteiger partial charge < -0.3 is 9.30 Å². The molecular formula is C22H21Cl2N3O2. The molecule has 5 nitrogen and oxygen atoms in total. The molecule has 1 amide bonds. The maximum absolute atomic E-state index is 12.0. The first-order valence-corrected chi connectivity index (χ1v) is 9.77. The summed E-state index contributed by atoms with van der Waals surface area (Å²) in [6, 6.07) is 15.0. The van der Waals surface area contributed by atoms with Crippen molar-refractivity contribution in [2.24, 2.45) is 5.10 Å². The van der Waals surface area contributed by atoms with E-state index in [4.69, 9.17) is 27.9 Å². The monoisotopic (exact) mass is 429 g/mol. The summed E-state index contributed by atoms with van der Waals surface area (Å²) >= 11 is 12.2. The maximum atomic E-state index is 12.0. The van der Waals surface area contributed by atoms with Crippen LogP contribution in [0.1, 0.15) is 22.5 Å². The summed E-state index contributed by atoms with van der Waals surface area (Å²) in [5.74, 6) is 0.347. The lowest BCUT2D eigenvalue weighted by Gasteiger charge is -2.10. The Morgan fingerprint density at radius 1 is 1.10 bits per heavy atom. The Balaban J connectivity index is 1.66. The van der Waals surface area contributed by atoms with Crippen molar-refractivity contribution in [1.82, 2.24) is 9.99 Å². The zero-order valence-electron chi connectivity index (χ0n) is 16.4. The van der Waals surface area contributed by atoms with E-state index in [0.29, 0.717) is 15.8 Å². The van der Waals surface area contributed by atoms with Crippen LogP contribution in [0, 0.1) is 20.8 Å². The third-order valence-corrected chi connectivity index (χ3v) is 5.22. The number of aromatic nitrogens is 1. The Bertz CT molecular complexity index is 1070. The number of ether oxygens (including phenoxy) is 1. The molecule has 0 saturated heterocycles. The Morgan fingerprint density at radius 2 is 1.86 bits per heavy atom. The number of aryl methyl sites for hydroxylation is 2. The van der Waals surface area contributed by atoms with Gasteiger partial charge in [-0.1, -0.05) is 41.4 Å². The van der Waals surface area contributed by atoms with E-state index in [1.807, 2.05) is 67.8 Å². The van der Waals surface area contributed by atoms with Crippen LogP contribution in [0.3, 0.4) is 0 Å². The second-order valence-electron chi connectivity index (χ2n) is 6.61. The molecule has 0 atom stereocenters. The van der Waals surface area contributed by atoms with Gasteiger partial charge in [-0.25, -0.2) is 5.43 Å². The number of rotatable bonds is 6. The van der Waals surface area contributed by atoms with E-state index in [1.54, 1.807) is 12.3 Å². The number of benzene rings is 2. The van der Waals surface area contributed by atoms with Crippen LogP contribution in [0.2, 0.25) is 10.0 Å². The van der Waals surface area contributed by atoms with Gasteiger partial charge >= 0.3 is 0 Å². The molecule has 29 heavy (non-hydrogen) atoms. The first-order chi connectivity index (χ1) is 13.9. The van der Waals surface area contributed by atoms with Crippen molar-refractivity contribution >= 4 is 35.3 Å². The van der Waals surface area contributed by atoms with E-state index in [2.05, 4.69) is 10.5 Å². The molecule has 0 radical (unpaired) electrons. The van der Waals surface area contributed by atoms with E-state index < -0.39 is 0 Å². The standard InChI is InChI=1S/C22H21Cl2N3O2/c1-14-6-4-5-7-21(14)29-13-22(28)26-25-12-17-10-15(2)27(16(17)3)18-8-9-19(23)20(24)11-18/h4-12H,13H2,1-3H3,(H,26,28)/b25-12-.